The molecule has 23 heavy (non-hydrogen) atoms. The van der Waals surface area contributed by atoms with Crippen LogP contribution in [0.5, 0.6) is 5.75 Å². The fourth-order valence-electron chi connectivity index (χ4n) is 1.66. The van der Waals surface area contributed by atoms with Gasteiger partial charge in [-0.15, -0.1) is 12.4 Å². The fourth-order valence-corrected chi connectivity index (χ4v) is 1.66. The van der Waals surface area contributed by atoms with Gasteiger partial charge in [0.1, 0.15) is 5.75 Å². The molecule has 1 amide bonds. The van der Waals surface area contributed by atoms with E-state index in [1.807, 2.05) is 20.8 Å². The minimum Gasteiger partial charge on any atom is -0.484 e. The Balaban J connectivity index is 0.00000484. The summed E-state index contributed by atoms with van der Waals surface area (Å²) >= 11 is 0. The lowest BCUT2D eigenvalue weighted by Crippen LogP contribution is -2.56. The molecule has 0 saturated carbocycles. The Morgan fingerprint density at radius 1 is 1.52 bits per heavy atom. The van der Waals surface area contributed by atoms with Gasteiger partial charge in [0.15, 0.2) is 6.61 Å². The number of halogens is 2. The van der Waals surface area contributed by atoms with E-state index in [1.165, 1.54) is 6.07 Å². The maximum absolute atomic E-state index is 13.4. The standard InChI is InChI=1S/C14H20FN3O4.ClH/c1-9(2)14(3,8-16)17-13(19)7-22-10-4-5-12(18(20)21)11(15)6-10;/h4-6,9H,7-8,16H2,1-3H3,(H,17,19);1H. The van der Waals surface area contributed by atoms with Crippen molar-refractivity contribution in [2.24, 2.45) is 11.7 Å². The first-order valence-corrected chi connectivity index (χ1v) is 6.77. The second-order valence-corrected chi connectivity index (χ2v) is 5.48. The molecule has 0 radical (unpaired) electrons. The van der Waals surface area contributed by atoms with E-state index in [2.05, 4.69) is 5.32 Å². The molecule has 0 heterocycles. The van der Waals surface area contributed by atoms with Crippen molar-refractivity contribution in [2.45, 2.75) is 26.3 Å². The number of nitrogens with zero attached hydrogens (tertiary/aromatic N) is 1. The molecule has 0 spiro atoms. The van der Waals surface area contributed by atoms with Gasteiger partial charge in [-0.1, -0.05) is 13.8 Å². The largest absolute Gasteiger partial charge is 0.484 e. The Morgan fingerprint density at radius 2 is 2.13 bits per heavy atom. The molecule has 7 nitrogen and oxygen atoms in total. The number of nitro benzene ring substituents is 1. The van der Waals surface area contributed by atoms with E-state index >= 15 is 0 Å². The summed E-state index contributed by atoms with van der Waals surface area (Å²) in [7, 11) is 0. The molecule has 0 aliphatic rings. The number of nitro groups is 1. The minimum absolute atomic E-state index is 0. The van der Waals surface area contributed by atoms with E-state index in [4.69, 9.17) is 10.5 Å². The number of rotatable bonds is 7. The molecule has 0 saturated heterocycles. The number of hydrogen-bond donors (Lipinski definition) is 2. The Kier molecular flexibility index (Phi) is 7.91. The van der Waals surface area contributed by atoms with Crippen LogP contribution in [0.25, 0.3) is 0 Å². The van der Waals surface area contributed by atoms with Crippen LogP contribution in [-0.2, 0) is 4.79 Å². The van der Waals surface area contributed by atoms with Crippen LogP contribution < -0.4 is 15.8 Å². The van der Waals surface area contributed by atoms with Crippen molar-refractivity contribution in [3.05, 3.63) is 34.1 Å². The van der Waals surface area contributed by atoms with Crippen LogP contribution in [0.15, 0.2) is 18.2 Å². The summed E-state index contributed by atoms with van der Waals surface area (Å²) in [5.41, 5.74) is 4.45. The Morgan fingerprint density at radius 3 is 2.57 bits per heavy atom. The first-order chi connectivity index (χ1) is 10.2. The molecule has 0 aromatic heterocycles. The molecular formula is C14H21ClFN3O4. The van der Waals surface area contributed by atoms with Crippen molar-refractivity contribution in [1.29, 1.82) is 0 Å². The lowest BCUT2D eigenvalue weighted by molar-refractivity contribution is -0.387. The van der Waals surface area contributed by atoms with Crippen molar-refractivity contribution < 1.29 is 18.8 Å². The summed E-state index contributed by atoms with van der Waals surface area (Å²) in [5.74, 6) is -1.26. The summed E-state index contributed by atoms with van der Waals surface area (Å²) in [6.07, 6.45) is 0. The Bertz CT molecular complexity index is 571. The monoisotopic (exact) mass is 349 g/mol. The molecule has 1 atom stereocenters. The first-order valence-electron chi connectivity index (χ1n) is 6.77. The van der Waals surface area contributed by atoms with Gasteiger partial charge in [0.2, 0.25) is 5.82 Å². The maximum Gasteiger partial charge on any atom is 0.305 e. The summed E-state index contributed by atoms with van der Waals surface area (Å²) in [5, 5.41) is 13.3. The van der Waals surface area contributed by atoms with E-state index < -0.39 is 27.9 Å². The van der Waals surface area contributed by atoms with Crippen LogP contribution in [0, 0.1) is 21.8 Å². The van der Waals surface area contributed by atoms with Crippen molar-refractivity contribution in [2.75, 3.05) is 13.2 Å². The molecule has 0 aliphatic carbocycles. The number of carbonyl (C=O) groups excluding carboxylic acids is 1. The van der Waals surface area contributed by atoms with Gasteiger partial charge in [-0.2, -0.15) is 4.39 Å². The van der Waals surface area contributed by atoms with Crippen molar-refractivity contribution in [1.82, 2.24) is 5.32 Å². The van der Waals surface area contributed by atoms with Gasteiger partial charge in [-0.3, -0.25) is 14.9 Å². The number of amides is 1. The minimum atomic E-state index is -1.02. The zero-order valence-electron chi connectivity index (χ0n) is 13.2. The SMILES string of the molecule is CC(C)C(C)(CN)NC(=O)COc1ccc([N+](=O)[O-])c(F)c1.Cl. The highest BCUT2D eigenvalue weighted by Crippen LogP contribution is 2.22. The van der Waals surface area contributed by atoms with Crippen LogP contribution >= 0.6 is 12.4 Å². The lowest BCUT2D eigenvalue weighted by Gasteiger charge is -2.33. The van der Waals surface area contributed by atoms with Crippen LogP contribution in [0.3, 0.4) is 0 Å². The van der Waals surface area contributed by atoms with E-state index in [9.17, 15) is 19.3 Å². The number of ether oxygens (including phenoxy) is 1. The summed E-state index contributed by atoms with van der Waals surface area (Å²) < 4.78 is 18.6. The van der Waals surface area contributed by atoms with Crippen molar-refractivity contribution in [3.63, 3.8) is 0 Å². The van der Waals surface area contributed by atoms with Crippen LogP contribution in [0.1, 0.15) is 20.8 Å². The number of hydrogen-bond acceptors (Lipinski definition) is 5. The number of nitrogens with one attached hydrogen (secondary N) is 1. The Hall–Kier alpha value is -1.93. The average molecular weight is 350 g/mol. The molecule has 1 aromatic rings. The van der Waals surface area contributed by atoms with Crippen LogP contribution in [0.4, 0.5) is 10.1 Å². The fraction of sp³-hybridized carbons (Fsp3) is 0.500. The maximum atomic E-state index is 13.4. The van der Waals surface area contributed by atoms with Crippen molar-refractivity contribution >= 4 is 24.0 Å². The normalized spacial score (nSPS) is 13.0. The molecular weight excluding hydrogens is 329 g/mol. The number of benzene rings is 1. The molecule has 9 heteroatoms. The average Bonchev–Trinajstić information content (AvgIpc) is 2.44. The highest BCUT2D eigenvalue weighted by atomic mass is 35.5. The molecule has 0 fully saturated rings. The first kappa shape index (κ1) is 21.1. The predicted octanol–water partition coefficient (Wildman–Crippen LogP) is 2.02. The van der Waals surface area contributed by atoms with Gasteiger partial charge in [0, 0.05) is 18.7 Å². The quantitative estimate of drug-likeness (QED) is 0.578. The van der Waals surface area contributed by atoms with Gasteiger partial charge in [-0.05, 0) is 18.9 Å². The van der Waals surface area contributed by atoms with Gasteiger partial charge in [0.05, 0.1) is 10.5 Å². The number of nitrogens with two attached hydrogens (primary N) is 1. The van der Waals surface area contributed by atoms with Gasteiger partial charge in [-0.25, -0.2) is 0 Å². The second-order valence-electron chi connectivity index (χ2n) is 5.48. The third-order valence-corrected chi connectivity index (χ3v) is 3.61. The van der Waals surface area contributed by atoms with E-state index in [0.29, 0.717) is 0 Å². The van der Waals surface area contributed by atoms with Crippen LogP contribution in [0.2, 0.25) is 0 Å². The molecule has 0 bridgehead atoms. The molecule has 1 rings (SSSR count). The highest BCUT2D eigenvalue weighted by molar-refractivity contribution is 5.85. The molecule has 1 unspecified atom stereocenters. The topological polar surface area (TPSA) is 107 Å². The predicted molar refractivity (Wildman–Crippen MR) is 86.2 cm³/mol. The van der Waals surface area contributed by atoms with E-state index in [1.54, 1.807) is 0 Å². The van der Waals surface area contributed by atoms with Gasteiger partial charge >= 0.3 is 5.69 Å². The summed E-state index contributed by atoms with van der Waals surface area (Å²) in [4.78, 5) is 21.5. The molecule has 1 aromatic carbocycles. The zero-order valence-corrected chi connectivity index (χ0v) is 14.0. The smallest absolute Gasteiger partial charge is 0.305 e. The Labute approximate surface area is 139 Å². The van der Waals surface area contributed by atoms with Crippen molar-refractivity contribution in [3.8, 4) is 5.75 Å². The summed E-state index contributed by atoms with van der Waals surface area (Å²) in [6.45, 7) is 5.61. The van der Waals surface area contributed by atoms with Gasteiger partial charge in [0.25, 0.3) is 5.91 Å². The van der Waals surface area contributed by atoms with E-state index in [0.717, 1.165) is 12.1 Å². The zero-order chi connectivity index (χ0) is 16.9. The highest BCUT2D eigenvalue weighted by Gasteiger charge is 2.28. The van der Waals surface area contributed by atoms with E-state index in [-0.39, 0.29) is 37.2 Å². The number of carbonyl (C=O) groups is 1. The summed E-state index contributed by atoms with van der Waals surface area (Å²) in [6, 6.07) is 3.09. The molecule has 0 aliphatic heterocycles. The second kappa shape index (κ2) is 8.64. The molecule has 3 N–H and O–H groups in total. The third kappa shape index (κ3) is 5.65. The van der Waals surface area contributed by atoms with Gasteiger partial charge < -0.3 is 15.8 Å². The third-order valence-electron chi connectivity index (χ3n) is 3.61. The van der Waals surface area contributed by atoms with Crippen LogP contribution in [-0.4, -0.2) is 29.5 Å². The lowest BCUT2D eigenvalue weighted by atomic mass is 9.88. The molecule has 130 valence electrons.